The average Bonchev–Trinajstić information content (AvgIpc) is 2.59. The van der Waals surface area contributed by atoms with Crippen LogP contribution in [0.2, 0.25) is 0 Å². The fourth-order valence-corrected chi connectivity index (χ4v) is 2.41. The van der Waals surface area contributed by atoms with Gasteiger partial charge in [-0.2, -0.15) is 0 Å². The van der Waals surface area contributed by atoms with Crippen molar-refractivity contribution in [3.63, 3.8) is 0 Å². The largest absolute Gasteiger partial charge is 0.467 e. The number of hydrogen-bond donors (Lipinski definition) is 1. The number of aromatic nitrogens is 2. The Balaban J connectivity index is 1.89. The van der Waals surface area contributed by atoms with Crippen LogP contribution in [0.25, 0.3) is 0 Å². The van der Waals surface area contributed by atoms with Gasteiger partial charge < -0.3 is 19.9 Å². The zero-order valence-corrected chi connectivity index (χ0v) is 13.7. The molecule has 1 aromatic heterocycles. The molecule has 1 atom stereocenters. The maximum absolute atomic E-state index is 12.3. The molecule has 0 spiro atoms. The molecule has 1 aromatic rings. The second kappa shape index (κ2) is 7.75. The number of rotatable bonds is 4. The Bertz CT molecular complexity index is 529. The number of piperazine rings is 1. The summed E-state index contributed by atoms with van der Waals surface area (Å²) >= 11 is 0. The van der Waals surface area contributed by atoms with E-state index in [-0.39, 0.29) is 11.9 Å². The number of ether oxygens (including phenoxy) is 1. The van der Waals surface area contributed by atoms with E-state index in [0.717, 1.165) is 0 Å². The molecule has 1 aliphatic rings. The summed E-state index contributed by atoms with van der Waals surface area (Å²) in [5.41, 5.74) is 0. The van der Waals surface area contributed by atoms with Gasteiger partial charge in [0.25, 0.3) is 0 Å². The molecular weight excluding hydrogens is 298 g/mol. The molecule has 2 amide bonds. The molecule has 0 aliphatic carbocycles. The van der Waals surface area contributed by atoms with Crippen molar-refractivity contribution in [3.05, 3.63) is 18.5 Å². The number of urea groups is 1. The molecule has 1 fully saturated rings. The summed E-state index contributed by atoms with van der Waals surface area (Å²) in [7, 11) is 1.32. The molecular formula is C15H23N5O3. The maximum Gasteiger partial charge on any atom is 0.328 e. The Morgan fingerprint density at radius 2 is 1.78 bits per heavy atom. The third-order valence-electron chi connectivity index (χ3n) is 3.80. The zero-order valence-electron chi connectivity index (χ0n) is 13.7. The van der Waals surface area contributed by atoms with Crippen molar-refractivity contribution in [2.75, 3.05) is 38.2 Å². The Labute approximate surface area is 135 Å². The van der Waals surface area contributed by atoms with Crippen LogP contribution in [0.15, 0.2) is 18.5 Å². The highest BCUT2D eigenvalue weighted by Crippen LogP contribution is 2.11. The summed E-state index contributed by atoms with van der Waals surface area (Å²) in [4.78, 5) is 36.2. The normalized spacial score (nSPS) is 16.2. The van der Waals surface area contributed by atoms with Crippen LogP contribution in [0.5, 0.6) is 0 Å². The molecule has 0 unspecified atom stereocenters. The van der Waals surface area contributed by atoms with E-state index in [1.54, 1.807) is 23.4 Å². The number of amides is 2. The highest BCUT2D eigenvalue weighted by molar-refractivity contribution is 5.83. The second-order valence-corrected chi connectivity index (χ2v) is 5.72. The van der Waals surface area contributed by atoms with Gasteiger partial charge >= 0.3 is 12.0 Å². The molecule has 0 aromatic carbocycles. The summed E-state index contributed by atoms with van der Waals surface area (Å²) in [6.45, 7) is 6.15. The first-order chi connectivity index (χ1) is 11.0. The highest BCUT2D eigenvalue weighted by Gasteiger charge is 2.29. The molecule has 1 aliphatic heterocycles. The van der Waals surface area contributed by atoms with Gasteiger partial charge in [0.1, 0.15) is 6.04 Å². The van der Waals surface area contributed by atoms with E-state index in [4.69, 9.17) is 4.74 Å². The van der Waals surface area contributed by atoms with E-state index in [0.29, 0.717) is 32.1 Å². The molecule has 23 heavy (non-hydrogen) atoms. The Morgan fingerprint density at radius 3 is 2.30 bits per heavy atom. The fourth-order valence-electron chi connectivity index (χ4n) is 2.41. The lowest BCUT2D eigenvalue weighted by molar-refractivity contribution is -0.144. The molecule has 0 radical (unpaired) electrons. The highest BCUT2D eigenvalue weighted by atomic mass is 16.5. The Hall–Kier alpha value is -2.38. The van der Waals surface area contributed by atoms with Crippen molar-refractivity contribution in [2.45, 2.75) is 19.9 Å². The van der Waals surface area contributed by atoms with Crippen LogP contribution >= 0.6 is 0 Å². The third kappa shape index (κ3) is 4.30. The molecule has 8 heteroatoms. The number of anilines is 1. The number of methoxy groups -OCH3 is 1. The summed E-state index contributed by atoms with van der Waals surface area (Å²) in [5.74, 6) is 0.206. The number of nitrogens with zero attached hydrogens (tertiary/aromatic N) is 4. The van der Waals surface area contributed by atoms with E-state index in [9.17, 15) is 9.59 Å². The Morgan fingerprint density at radius 1 is 1.17 bits per heavy atom. The van der Waals surface area contributed by atoms with E-state index in [1.165, 1.54) is 7.11 Å². The predicted molar refractivity (Wildman–Crippen MR) is 85.0 cm³/mol. The first kappa shape index (κ1) is 17.0. The molecule has 0 saturated carbocycles. The minimum atomic E-state index is -0.636. The second-order valence-electron chi connectivity index (χ2n) is 5.72. The number of esters is 1. The van der Waals surface area contributed by atoms with Gasteiger partial charge in [-0.05, 0) is 12.0 Å². The van der Waals surface area contributed by atoms with Crippen molar-refractivity contribution in [1.82, 2.24) is 20.2 Å². The molecule has 1 N–H and O–H groups in total. The van der Waals surface area contributed by atoms with Crippen molar-refractivity contribution in [1.29, 1.82) is 0 Å². The van der Waals surface area contributed by atoms with Crippen molar-refractivity contribution < 1.29 is 14.3 Å². The fraction of sp³-hybridized carbons (Fsp3) is 0.600. The van der Waals surface area contributed by atoms with Crippen LogP contribution in [-0.2, 0) is 9.53 Å². The summed E-state index contributed by atoms with van der Waals surface area (Å²) in [6.07, 6.45) is 3.40. The SMILES string of the molecule is COC(=O)[C@H](NC(=O)N1CCN(c2ncccn2)CC1)C(C)C. The lowest BCUT2D eigenvalue weighted by Crippen LogP contribution is -2.56. The lowest BCUT2D eigenvalue weighted by atomic mass is 10.1. The lowest BCUT2D eigenvalue weighted by Gasteiger charge is -2.35. The van der Waals surface area contributed by atoms with Gasteiger partial charge in [0, 0.05) is 38.6 Å². The van der Waals surface area contributed by atoms with Crippen LogP contribution < -0.4 is 10.2 Å². The summed E-state index contributed by atoms with van der Waals surface area (Å²) in [6, 6.07) is 0.886. The number of carbonyl (C=O) groups excluding carboxylic acids is 2. The zero-order chi connectivity index (χ0) is 16.8. The quantitative estimate of drug-likeness (QED) is 0.813. The van der Waals surface area contributed by atoms with E-state index < -0.39 is 12.0 Å². The van der Waals surface area contributed by atoms with E-state index in [1.807, 2.05) is 18.7 Å². The molecule has 2 heterocycles. The van der Waals surface area contributed by atoms with Crippen LogP contribution in [0.3, 0.4) is 0 Å². The smallest absolute Gasteiger partial charge is 0.328 e. The predicted octanol–water partition coefficient (Wildman–Crippen LogP) is 0.506. The van der Waals surface area contributed by atoms with Gasteiger partial charge in [-0.25, -0.2) is 19.6 Å². The minimum absolute atomic E-state index is 0.0367. The molecule has 0 bridgehead atoms. The van der Waals surface area contributed by atoms with Crippen LogP contribution in [0, 0.1) is 5.92 Å². The van der Waals surface area contributed by atoms with Gasteiger partial charge in [0.2, 0.25) is 5.95 Å². The average molecular weight is 321 g/mol. The van der Waals surface area contributed by atoms with Crippen molar-refractivity contribution >= 4 is 17.9 Å². The number of nitrogens with one attached hydrogen (secondary N) is 1. The molecule has 8 nitrogen and oxygen atoms in total. The van der Waals surface area contributed by atoms with Crippen molar-refractivity contribution in [2.24, 2.45) is 5.92 Å². The third-order valence-corrected chi connectivity index (χ3v) is 3.80. The first-order valence-electron chi connectivity index (χ1n) is 7.68. The number of carbonyl (C=O) groups is 2. The van der Waals surface area contributed by atoms with E-state index in [2.05, 4.69) is 15.3 Å². The van der Waals surface area contributed by atoms with Gasteiger partial charge in [0.15, 0.2) is 0 Å². The molecule has 2 rings (SSSR count). The van der Waals surface area contributed by atoms with Crippen LogP contribution in [0.4, 0.5) is 10.7 Å². The molecule has 126 valence electrons. The molecule has 1 saturated heterocycles. The van der Waals surface area contributed by atoms with Crippen molar-refractivity contribution in [3.8, 4) is 0 Å². The summed E-state index contributed by atoms with van der Waals surface area (Å²) < 4.78 is 4.74. The maximum atomic E-state index is 12.3. The minimum Gasteiger partial charge on any atom is -0.467 e. The summed E-state index contributed by atoms with van der Waals surface area (Å²) in [5, 5.41) is 2.75. The standard InChI is InChI=1S/C15H23N5O3/c1-11(2)12(13(21)23-3)18-15(22)20-9-7-19(8-10-20)14-16-5-4-6-17-14/h4-6,11-12H,7-10H2,1-3H3,(H,18,22)/t12-/m1/s1. The van der Waals surface area contributed by atoms with Crippen LogP contribution in [-0.4, -0.2) is 66.2 Å². The first-order valence-corrected chi connectivity index (χ1v) is 7.68. The number of hydrogen-bond acceptors (Lipinski definition) is 6. The topological polar surface area (TPSA) is 87.7 Å². The Kier molecular flexibility index (Phi) is 5.72. The van der Waals surface area contributed by atoms with E-state index >= 15 is 0 Å². The van der Waals surface area contributed by atoms with Gasteiger partial charge in [-0.3, -0.25) is 0 Å². The van der Waals surface area contributed by atoms with Gasteiger partial charge in [-0.15, -0.1) is 0 Å². The van der Waals surface area contributed by atoms with Crippen LogP contribution in [0.1, 0.15) is 13.8 Å². The monoisotopic (exact) mass is 321 g/mol. The van der Waals surface area contributed by atoms with Gasteiger partial charge in [0.05, 0.1) is 7.11 Å². The van der Waals surface area contributed by atoms with Gasteiger partial charge in [-0.1, -0.05) is 13.8 Å².